The zero-order valence-corrected chi connectivity index (χ0v) is 19.8. The van der Waals surface area contributed by atoms with Crippen LogP contribution in [0.15, 0.2) is 4.99 Å². The zero-order valence-electron chi connectivity index (χ0n) is 17.4. The number of guanidine groups is 1. The van der Waals surface area contributed by atoms with E-state index in [4.69, 9.17) is 4.74 Å². The minimum atomic E-state index is -0.112. The fourth-order valence-corrected chi connectivity index (χ4v) is 3.92. The predicted octanol–water partition coefficient (Wildman–Crippen LogP) is 1.34. The minimum absolute atomic E-state index is 0. The van der Waals surface area contributed by atoms with Crippen molar-refractivity contribution >= 4 is 35.9 Å². The van der Waals surface area contributed by atoms with Crippen molar-refractivity contribution in [2.45, 2.75) is 26.7 Å². The molecular formula is C19H38IN5O2. The van der Waals surface area contributed by atoms with Gasteiger partial charge in [0.15, 0.2) is 5.96 Å². The molecule has 0 bridgehead atoms. The molecule has 7 nitrogen and oxygen atoms in total. The third kappa shape index (κ3) is 7.38. The number of methoxy groups -OCH3 is 1. The molecule has 2 rings (SSSR count). The average molecular weight is 495 g/mol. The summed E-state index contributed by atoms with van der Waals surface area (Å²) in [6, 6.07) is 0. The normalized spacial score (nSPS) is 24.6. The number of likely N-dealkylation sites (N-methyl/N-ethyl adjacent to an activating group) is 1. The third-order valence-corrected chi connectivity index (χ3v) is 5.72. The molecule has 0 radical (unpaired) electrons. The van der Waals surface area contributed by atoms with Crippen molar-refractivity contribution in [2.24, 2.45) is 16.8 Å². The highest BCUT2D eigenvalue weighted by Gasteiger charge is 2.36. The van der Waals surface area contributed by atoms with Crippen LogP contribution in [0.4, 0.5) is 0 Å². The van der Waals surface area contributed by atoms with Gasteiger partial charge in [0, 0.05) is 52.9 Å². The van der Waals surface area contributed by atoms with Gasteiger partial charge >= 0.3 is 5.97 Å². The first-order valence-electron chi connectivity index (χ1n) is 10.1. The highest BCUT2D eigenvalue weighted by molar-refractivity contribution is 14.0. The lowest BCUT2D eigenvalue weighted by Crippen LogP contribution is -2.46. The fourth-order valence-electron chi connectivity index (χ4n) is 3.92. The maximum absolute atomic E-state index is 11.9. The Morgan fingerprint density at radius 2 is 1.81 bits per heavy atom. The maximum atomic E-state index is 11.9. The number of hydrogen-bond donors (Lipinski definition) is 1. The summed E-state index contributed by atoms with van der Waals surface area (Å²) in [4.78, 5) is 23.5. The lowest BCUT2D eigenvalue weighted by Gasteiger charge is -2.34. The molecule has 2 atom stereocenters. The Hall–Kier alpha value is -0.610. The SMILES string of the molecule is CCN1CCN(CCCCNC(=NC)N2CC(C)C(C(=O)OC)C2)CC1.I. The van der Waals surface area contributed by atoms with E-state index in [1.54, 1.807) is 0 Å². The highest BCUT2D eigenvalue weighted by Crippen LogP contribution is 2.24. The Bertz CT molecular complexity index is 469. The third-order valence-electron chi connectivity index (χ3n) is 5.72. The second-order valence-corrected chi connectivity index (χ2v) is 7.47. The standard InChI is InChI=1S/C19H37N5O2.HI/c1-5-22-10-12-23(13-11-22)9-7-6-8-21-19(20-3)24-14-16(2)17(15-24)18(25)26-4;/h16-17H,5-15H2,1-4H3,(H,20,21);1H. The summed E-state index contributed by atoms with van der Waals surface area (Å²) in [5, 5.41) is 3.46. The lowest BCUT2D eigenvalue weighted by atomic mass is 9.99. The van der Waals surface area contributed by atoms with Crippen molar-refractivity contribution < 1.29 is 9.53 Å². The molecule has 8 heteroatoms. The second-order valence-electron chi connectivity index (χ2n) is 7.47. The summed E-state index contributed by atoms with van der Waals surface area (Å²) in [5.74, 6) is 1.03. The van der Waals surface area contributed by atoms with Crippen molar-refractivity contribution in [1.82, 2.24) is 20.0 Å². The Labute approximate surface area is 181 Å². The Morgan fingerprint density at radius 1 is 1.15 bits per heavy atom. The summed E-state index contributed by atoms with van der Waals surface area (Å²) in [7, 11) is 3.28. The molecule has 0 saturated carbocycles. The van der Waals surface area contributed by atoms with Crippen LogP contribution in [-0.4, -0.2) is 99.7 Å². The van der Waals surface area contributed by atoms with E-state index >= 15 is 0 Å². The number of esters is 1. The number of hydrogen-bond acceptors (Lipinski definition) is 5. The van der Waals surface area contributed by atoms with E-state index in [9.17, 15) is 4.79 Å². The van der Waals surface area contributed by atoms with E-state index in [-0.39, 0.29) is 35.9 Å². The number of aliphatic imine (C=N–C) groups is 1. The number of piperazine rings is 1. The first kappa shape index (κ1) is 24.4. The van der Waals surface area contributed by atoms with E-state index in [0.717, 1.165) is 25.5 Å². The van der Waals surface area contributed by atoms with Gasteiger partial charge in [-0.15, -0.1) is 24.0 Å². The highest BCUT2D eigenvalue weighted by atomic mass is 127. The van der Waals surface area contributed by atoms with Crippen molar-refractivity contribution in [3.63, 3.8) is 0 Å². The predicted molar refractivity (Wildman–Crippen MR) is 121 cm³/mol. The van der Waals surface area contributed by atoms with Crippen LogP contribution in [0.25, 0.3) is 0 Å². The number of carbonyl (C=O) groups is 1. The van der Waals surface area contributed by atoms with Crippen LogP contribution in [0.1, 0.15) is 26.7 Å². The minimum Gasteiger partial charge on any atom is -0.469 e. The number of likely N-dealkylation sites (tertiary alicyclic amines) is 1. The van der Waals surface area contributed by atoms with Gasteiger partial charge in [-0.05, 0) is 31.8 Å². The first-order valence-corrected chi connectivity index (χ1v) is 10.1. The number of nitrogens with one attached hydrogen (secondary N) is 1. The van der Waals surface area contributed by atoms with Gasteiger partial charge in [-0.1, -0.05) is 13.8 Å². The number of halogens is 1. The zero-order chi connectivity index (χ0) is 18.9. The molecular weight excluding hydrogens is 457 g/mol. The van der Waals surface area contributed by atoms with Gasteiger partial charge in [-0.25, -0.2) is 0 Å². The first-order chi connectivity index (χ1) is 12.6. The monoisotopic (exact) mass is 495 g/mol. The van der Waals surface area contributed by atoms with E-state index in [1.807, 2.05) is 7.05 Å². The number of ether oxygens (including phenoxy) is 1. The quantitative estimate of drug-likeness (QED) is 0.189. The molecule has 27 heavy (non-hydrogen) atoms. The summed E-state index contributed by atoms with van der Waals surface area (Å²) in [5.41, 5.74) is 0. The van der Waals surface area contributed by atoms with Crippen LogP contribution in [-0.2, 0) is 9.53 Å². The summed E-state index contributed by atoms with van der Waals surface area (Å²) < 4.78 is 4.92. The summed E-state index contributed by atoms with van der Waals surface area (Å²) in [6.07, 6.45) is 2.34. The summed E-state index contributed by atoms with van der Waals surface area (Å²) in [6.45, 7) is 14.0. The second kappa shape index (κ2) is 12.8. The van der Waals surface area contributed by atoms with Crippen LogP contribution in [0.3, 0.4) is 0 Å². The molecule has 2 aliphatic rings. The molecule has 0 aliphatic carbocycles. The molecule has 0 aromatic rings. The molecule has 2 fully saturated rings. The van der Waals surface area contributed by atoms with Gasteiger partial charge in [-0.2, -0.15) is 0 Å². The topological polar surface area (TPSA) is 60.4 Å². The smallest absolute Gasteiger partial charge is 0.310 e. The molecule has 0 spiro atoms. The van der Waals surface area contributed by atoms with Gasteiger partial charge in [0.25, 0.3) is 0 Å². The van der Waals surface area contributed by atoms with Gasteiger partial charge in [-0.3, -0.25) is 9.79 Å². The van der Waals surface area contributed by atoms with Crippen molar-refractivity contribution in [2.75, 3.05) is 73.1 Å². The Balaban J connectivity index is 0.00000364. The van der Waals surface area contributed by atoms with E-state index in [0.29, 0.717) is 12.5 Å². The molecule has 158 valence electrons. The molecule has 2 saturated heterocycles. The van der Waals surface area contributed by atoms with Gasteiger partial charge in [0.05, 0.1) is 13.0 Å². The largest absolute Gasteiger partial charge is 0.469 e. The van der Waals surface area contributed by atoms with Gasteiger partial charge in [0.2, 0.25) is 0 Å². The number of rotatable bonds is 7. The van der Waals surface area contributed by atoms with Crippen molar-refractivity contribution in [1.29, 1.82) is 0 Å². The van der Waals surface area contributed by atoms with Crippen LogP contribution in [0, 0.1) is 11.8 Å². The molecule has 2 heterocycles. The molecule has 2 aliphatic heterocycles. The number of unbranched alkanes of at least 4 members (excludes halogenated alkanes) is 1. The van der Waals surface area contributed by atoms with E-state index in [1.165, 1.54) is 52.8 Å². The maximum Gasteiger partial charge on any atom is 0.310 e. The van der Waals surface area contributed by atoms with Gasteiger partial charge < -0.3 is 24.8 Å². The fraction of sp³-hybridized carbons (Fsp3) is 0.895. The van der Waals surface area contributed by atoms with Crippen molar-refractivity contribution in [3.05, 3.63) is 0 Å². The van der Waals surface area contributed by atoms with Crippen molar-refractivity contribution in [3.8, 4) is 0 Å². The Kier molecular flexibility index (Phi) is 11.6. The average Bonchev–Trinajstić information content (AvgIpc) is 3.06. The van der Waals surface area contributed by atoms with Crippen LogP contribution >= 0.6 is 24.0 Å². The molecule has 0 amide bonds. The number of nitrogens with zero attached hydrogens (tertiary/aromatic N) is 4. The molecule has 0 aromatic heterocycles. The Morgan fingerprint density at radius 3 is 2.41 bits per heavy atom. The van der Waals surface area contributed by atoms with E-state index < -0.39 is 0 Å². The van der Waals surface area contributed by atoms with E-state index in [2.05, 4.69) is 38.9 Å². The van der Waals surface area contributed by atoms with Crippen LogP contribution in [0.5, 0.6) is 0 Å². The molecule has 2 unspecified atom stereocenters. The molecule has 0 aromatic carbocycles. The number of carbonyl (C=O) groups excluding carboxylic acids is 1. The lowest BCUT2D eigenvalue weighted by molar-refractivity contribution is -0.145. The summed E-state index contributed by atoms with van der Waals surface area (Å²) >= 11 is 0. The molecule has 1 N–H and O–H groups in total. The van der Waals surface area contributed by atoms with Crippen LogP contribution in [0.2, 0.25) is 0 Å². The van der Waals surface area contributed by atoms with Gasteiger partial charge in [0.1, 0.15) is 0 Å². The van der Waals surface area contributed by atoms with Crippen LogP contribution < -0.4 is 5.32 Å².